The molecule has 0 fully saturated rings. The van der Waals surface area contributed by atoms with Gasteiger partial charge in [-0.25, -0.2) is 4.79 Å². The van der Waals surface area contributed by atoms with Gasteiger partial charge >= 0.3 is 5.97 Å². The molecule has 19 heavy (non-hydrogen) atoms. The van der Waals surface area contributed by atoms with Crippen molar-refractivity contribution in [2.75, 3.05) is 5.32 Å². The lowest BCUT2D eigenvalue weighted by Crippen LogP contribution is -2.31. The Morgan fingerprint density at radius 1 is 1.42 bits per heavy atom. The lowest BCUT2D eigenvalue weighted by Gasteiger charge is -2.19. The van der Waals surface area contributed by atoms with Crippen LogP contribution in [0, 0.1) is 5.92 Å². The molecule has 4 N–H and O–H groups in total. The van der Waals surface area contributed by atoms with Crippen molar-refractivity contribution in [2.24, 2.45) is 11.7 Å². The molecule has 1 atom stereocenters. The molecule has 6 heteroatoms. The van der Waals surface area contributed by atoms with Crippen molar-refractivity contribution in [1.29, 1.82) is 0 Å². The number of carboxylic acids is 1. The summed E-state index contributed by atoms with van der Waals surface area (Å²) in [4.78, 5) is 22.6. The molecule has 0 bridgehead atoms. The molecule has 5 nitrogen and oxygen atoms in total. The van der Waals surface area contributed by atoms with Crippen molar-refractivity contribution >= 4 is 33.5 Å². The molecule has 104 valence electrons. The number of carbonyl (C=O) groups excluding carboxylic acids is 1. The number of nitrogens with two attached hydrogens (primary N) is 1. The summed E-state index contributed by atoms with van der Waals surface area (Å²) in [5.41, 5.74) is 6.00. The van der Waals surface area contributed by atoms with E-state index in [1.807, 2.05) is 13.8 Å². The number of carboxylic acid groups (broad SMARTS) is 1. The van der Waals surface area contributed by atoms with Gasteiger partial charge in [-0.2, -0.15) is 0 Å². The van der Waals surface area contributed by atoms with E-state index in [1.165, 1.54) is 0 Å². The number of benzene rings is 1. The molecule has 0 aliphatic rings. The second-order valence-corrected chi connectivity index (χ2v) is 5.55. The van der Waals surface area contributed by atoms with Gasteiger partial charge in [0.2, 0.25) is 0 Å². The van der Waals surface area contributed by atoms with E-state index in [0.29, 0.717) is 16.6 Å². The van der Waals surface area contributed by atoms with Crippen LogP contribution < -0.4 is 11.1 Å². The smallest absolute Gasteiger partial charge is 0.326 e. The highest BCUT2D eigenvalue weighted by atomic mass is 79.9. The molecule has 0 radical (unpaired) electrons. The van der Waals surface area contributed by atoms with Crippen LogP contribution in [0.25, 0.3) is 0 Å². The number of hydrogen-bond acceptors (Lipinski definition) is 3. The molecule has 1 unspecified atom stereocenters. The Bertz CT molecular complexity index is 489. The zero-order valence-corrected chi connectivity index (χ0v) is 12.4. The lowest BCUT2D eigenvalue weighted by molar-refractivity contribution is -0.138. The number of hydrogen-bond donors (Lipinski definition) is 3. The highest BCUT2D eigenvalue weighted by Crippen LogP contribution is 2.25. The summed E-state index contributed by atoms with van der Waals surface area (Å²) >= 11 is 3.24. The highest BCUT2D eigenvalue weighted by Gasteiger charge is 2.21. The van der Waals surface area contributed by atoms with Crippen molar-refractivity contribution in [2.45, 2.75) is 26.3 Å². The number of anilines is 1. The topological polar surface area (TPSA) is 92.4 Å². The lowest BCUT2D eigenvalue weighted by atomic mass is 10.0. The molecular formula is C13H17BrN2O3. The molecule has 0 spiro atoms. The normalized spacial score (nSPS) is 12.2. The number of aliphatic carboxylic acids is 1. The Balaban J connectivity index is 3.06. The number of primary amides is 1. The summed E-state index contributed by atoms with van der Waals surface area (Å²) in [6.45, 7) is 3.88. The largest absolute Gasteiger partial charge is 0.480 e. The van der Waals surface area contributed by atoms with E-state index < -0.39 is 17.9 Å². The molecule has 0 heterocycles. The minimum absolute atomic E-state index is 0.220. The fourth-order valence-electron chi connectivity index (χ4n) is 1.78. The first-order valence-corrected chi connectivity index (χ1v) is 6.70. The van der Waals surface area contributed by atoms with Crippen LogP contribution in [0.15, 0.2) is 22.7 Å². The van der Waals surface area contributed by atoms with E-state index in [9.17, 15) is 14.7 Å². The Morgan fingerprint density at radius 2 is 2.05 bits per heavy atom. The van der Waals surface area contributed by atoms with E-state index in [4.69, 9.17) is 5.73 Å². The van der Waals surface area contributed by atoms with Crippen LogP contribution in [0.1, 0.15) is 30.6 Å². The van der Waals surface area contributed by atoms with Crippen LogP contribution in [0.3, 0.4) is 0 Å². The predicted octanol–water partition coefficient (Wildman–Crippen LogP) is 2.46. The molecule has 0 aliphatic heterocycles. The van der Waals surface area contributed by atoms with E-state index in [2.05, 4.69) is 21.2 Å². The summed E-state index contributed by atoms with van der Waals surface area (Å²) in [5.74, 6) is -1.34. The molecule has 0 saturated carbocycles. The van der Waals surface area contributed by atoms with Crippen molar-refractivity contribution in [3.63, 3.8) is 0 Å². The second kappa shape index (κ2) is 6.56. The first kappa shape index (κ1) is 15.5. The third kappa shape index (κ3) is 4.24. The van der Waals surface area contributed by atoms with E-state index >= 15 is 0 Å². The minimum Gasteiger partial charge on any atom is -0.480 e. The molecule has 1 aromatic carbocycles. The van der Waals surface area contributed by atoms with Crippen LogP contribution >= 0.6 is 15.9 Å². The number of rotatable bonds is 6. The molecule has 1 aromatic rings. The summed E-state index contributed by atoms with van der Waals surface area (Å²) in [6, 6.07) is 4.28. The van der Waals surface area contributed by atoms with E-state index in [-0.39, 0.29) is 11.5 Å². The van der Waals surface area contributed by atoms with Gasteiger partial charge in [0.05, 0.1) is 5.56 Å². The summed E-state index contributed by atoms with van der Waals surface area (Å²) < 4.78 is 0.540. The average molecular weight is 329 g/mol. The fourth-order valence-corrected chi connectivity index (χ4v) is 2.34. The Morgan fingerprint density at radius 3 is 2.53 bits per heavy atom. The van der Waals surface area contributed by atoms with E-state index in [1.54, 1.807) is 18.2 Å². The number of carbonyl (C=O) groups is 2. The monoisotopic (exact) mass is 328 g/mol. The minimum atomic E-state index is -0.955. The molecule has 1 amide bonds. The van der Waals surface area contributed by atoms with Gasteiger partial charge in [-0.1, -0.05) is 19.9 Å². The van der Waals surface area contributed by atoms with Gasteiger partial charge in [0.25, 0.3) is 5.91 Å². The number of halogens is 1. The van der Waals surface area contributed by atoms with Crippen molar-refractivity contribution in [3.8, 4) is 0 Å². The van der Waals surface area contributed by atoms with Crippen LogP contribution in [0.5, 0.6) is 0 Å². The van der Waals surface area contributed by atoms with Gasteiger partial charge < -0.3 is 16.2 Å². The zero-order valence-electron chi connectivity index (χ0n) is 10.8. The quantitative estimate of drug-likeness (QED) is 0.747. The summed E-state index contributed by atoms with van der Waals surface area (Å²) in [5, 5.41) is 12.1. The van der Waals surface area contributed by atoms with Gasteiger partial charge in [-0.15, -0.1) is 0 Å². The van der Waals surface area contributed by atoms with E-state index in [0.717, 1.165) is 0 Å². The molecule has 0 saturated heterocycles. The van der Waals surface area contributed by atoms with Crippen LogP contribution in [-0.4, -0.2) is 23.0 Å². The van der Waals surface area contributed by atoms with Gasteiger partial charge in [-0.05, 0) is 40.4 Å². The Kier molecular flexibility index (Phi) is 5.35. The van der Waals surface area contributed by atoms with Gasteiger partial charge in [-0.3, -0.25) is 4.79 Å². The SMILES string of the molecule is CC(C)CC(Nc1cccc(Br)c1C(N)=O)C(=O)O. The van der Waals surface area contributed by atoms with Crippen LogP contribution in [0.2, 0.25) is 0 Å². The van der Waals surface area contributed by atoms with Gasteiger partial charge in [0, 0.05) is 10.2 Å². The van der Waals surface area contributed by atoms with Crippen molar-refractivity contribution < 1.29 is 14.7 Å². The zero-order chi connectivity index (χ0) is 14.6. The van der Waals surface area contributed by atoms with Gasteiger partial charge in [0.15, 0.2) is 0 Å². The summed E-state index contributed by atoms with van der Waals surface area (Å²) in [7, 11) is 0. The van der Waals surface area contributed by atoms with Gasteiger partial charge in [0.1, 0.15) is 6.04 Å². The highest BCUT2D eigenvalue weighted by molar-refractivity contribution is 9.10. The van der Waals surface area contributed by atoms with Crippen LogP contribution in [-0.2, 0) is 4.79 Å². The third-order valence-corrected chi connectivity index (χ3v) is 3.26. The fraction of sp³-hybridized carbons (Fsp3) is 0.385. The second-order valence-electron chi connectivity index (χ2n) is 4.69. The van der Waals surface area contributed by atoms with Crippen molar-refractivity contribution in [1.82, 2.24) is 0 Å². The molecule has 0 aromatic heterocycles. The average Bonchev–Trinajstić information content (AvgIpc) is 2.26. The third-order valence-electron chi connectivity index (χ3n) is 2.59. The molecule has 1 rings (SSSR count). The number of amides is 1. The summed E-state index contributed by atoms with van der Waals surface area (Å²) in [6.07, 6.45) is 0.458. The Hall–Kier alpha value is -1.56. The standard InChI is InChI=1S/C13H17BrN2O3/c1-7(2)6-10(13(18)19)16-9-5-3-4-8(14)11(9)12(15)17/h3-5,7,10,16H,6H2,1-2H3,(H2,15,17)(H,18,19). The maximum atomic E-state index is 11.4. The first-order valence-electron chi connectivity index (χ1n) is 5.90. The number of nitrogens with one attached hydrogen (secondary N) is 1. The predicted molar refractivity (Wildman–Crippen MR) is 77.2 cm³/mol. The maximum absolute atomic E-state index is 11.4. The Labute approximate surface area is 120 Å². The van der Waals surface area contributed by atoms with Crippen molar-refractivity contribution in [3.05, 3.63) is 28.2 Å². The molecular weight excluding hydrogens is 312 g/mol. The van der Waals surface area contributed by atoms with Crippen LogP contribution in [0.4, 0.5) is 5.69 Å². The maximum Gasteiger partial charge on any atom is 0.326 e. The molecule has 0 aliphatic carbocycles. The first-order chi connectivity index (χ1) is 8.82.